The zero-order valence-corrected chi connectivity index (χ0v) is 6.44. The van der Waals surface area contributed by atoms with E-state index in [-0.39, 0.29) is 17.7 Å². The molecule has 0 saturated heterocycles. The van der Waals surface area contributed by atoms with Crippen LogP contribution in [-0.2, 0) is 0 Å². The third-order valence-corrected chi connectivity index (χ3v) is 1.64. The molecule has 0 fully saturated rings. The Bertz CT molecular complexity index is 78.4. The zero-order chi connectivity index (χ0) is 5.86. The average Bonchev–Trinajstić information content (AvgIpc) is 1.65. The van der Waals surface area contributed by atoms with E-state index in [0.29, 0.717) is 0 Å². The van der Waals surface area contributed by atoms with Crippen molar-refractivity contribution in [1.29, 1.82) is 5.41 Å². The van der Waals surface area contributed by atoms with Gasteiger partial charge in [-0.15, -0.1) is 12.4 Å². The van der Waals surface area contributed by atoms with Gasteiger partial charge in [0, 0.05) is 5.25 Å². The molecule has 0 saturated carbocycles. The van der Waals surface area contributed by atoms with Crippen molar-refractivity contribution in [3.8, 4) is 0 Å². The van der Waals surface area contributed by atoms with E-state index in [1.165, 1.54) is 11.8 Å². The Balaban J connectivity index is 0. The molecule has 0 spiro atoms. The predicted molar refractivity (Wildman–Crippen MR) is 38.0 cm³/mol. The summed E-state index contributed by atoms with van der Waals surface area (Å²) in [6.45, 7) is 1.72. The summed E-state index contributed by atoms with van der Waals surface area (Å²) in [5.41, 5.74) is 0. The van der Waals surface area contributed by atoms with Crippen LogP contribution in [0.1, 0.15) is 6.92 Å². The highest BCUT2D eigenvalue weighted by Crippen LogP contribution is 2.01. The minimum atomic E-state index is -0.493. The molecular weight excluding hydrogens is 146 g/mol. The third kappa shape index (κ3) is 4.27. The SMILES string of the molecule is CSC(C)C(=N)[O-].Cl. The molecule has 1 unspecified atom stereocenters. The lowest BCUT2D eigenvalue weighted by Crippen LogP contribution is -2.25. The van der Waals surface area contributed by atoms with Gasteiger partial charge in [0.15, 0.2) is 0 Å². The number of rotatable bonds is 2. The summed E-state index contributed by atoms with van der Waals surface area (Å²) in [4.78, 5) is 0. The highest BCUT2D eigenvalue weighted by Gasteiger charge is 1.92. The van der Waals surface area contributed by atoms with Crippen molar-refractivity contribution >= 4 is 30.1 Å². The van der Waals surface area contributed by atoms with Crippen LogP contribution in [0.2, 0.25) is 0 Å². The van der Waals surface area contributed by atoms with Crippen LogP contribution < -0.4 is 5.11 Å². The van der Waals surface area contributed by atoms with Crippen LogP contribution in [-0.4, -0.2) is 17.4 Å². The molecular formula is C4H9ClNOS-. The summed E-state index contributed by atoms with van der Waals surface area (Å²) in [5.74, 6) is -0.493. The van der Waals surface area contributed by atoms with Gasteiger partial charge in [-0.25, -0.2) is 0 Å². The highest BCUT2D eigenvalue weighted by atomic mass is 35.5. The van der Waals surface area contributed by atoms with Crippen molar-refractivity contribution in [2.45, 2.75) is 12.2 Å². The Morgan fingerprint density at radius 3 is 2.12 bits per heavy atom. The first-order chi connectivity index (χ1) is 3.18. The van der Waals surface area contributed by atoms with Crippen LogP contribution in [0.5, 0.6) is 0 Å². The second-order valence-corrected chi connectivity index (χ2v) is 2.42. The minimum absolute atomic E-state index is 0. The average molecular weight is 155 g/mol. The van der Waals surface area contributed by atoms with Crippen molar-refractivity contribution in [2.24, 2.45) is 0 Å². The summed E-state index contributed by atoms with van der Waals surface area (Å²) >= 11 is 1.40. The molecule has 0 aromatic rings. The molecule has 1 atom stereocenters. The molecule has 2 nitrogen and oxygen atoms in total. The van der Waals surface area contributed by atoms with Gasteiger partial charge < -0.3 is 10.5 Å². The van der Waals surface area contributed by atoms with Gasteiger partial charge in [0.2, 0.25) is 0 Å². The summed E-state index contributed by atoms with van der Waals surface area (Å²) in [5, 5.41) is 16.4. The minimum Gasteiger partial charge on any atom is -0.861 e. The molecule has 0 aliphatic rings. The fourth-order valence-electron chi connectivity index (χ4n) is 0.107. The van der Waals surface area contributed by atoms with Crippen LogP contribution >= 0.6 is 24.2 Å². The highest BCUT2D eigenvalue weighted by molar-refractivity contribution is 7.99. The number of thioether (sulfide) groups is 1. The fraction of sp³-hybridized carbons (Fsp3) is 0.750. The fourth-order valence-corrected chi connectivity index (χ4v) is 0.321. The number of halogens is 1. The van der Waals surface area contributed by atoms with E-state index in [9.17, 15) is 5.11 Å². The van der Waals surface area contributed by atoms with E-state index >= 15 is 0 Å². The van der Waals surface area contributed by atoms with Gasteiger partial charge >= 0.3 is 0 Å². The maximum Gasteiger partial charge on any atom is 0.0290 e. The Labute approximate surface area is 59.6 Å². The van der Waals surface area contributed by atoms with Gasteiger partial charge in [-0.2, -0.15) is 11.8 Å². The largest absolute Gasteiger partial charge is 0.861 e. The summed E-state index contributed by atoms with van der Waals surface area (Å²) < 4.78 is 0. The lowest BCUT2D eigenvalue weighted by Gasteiger charge is -2.12. The lowest BCUT2D eigenvalue weighted by atomic mass is 10.5. The molecule has 50 valence electrons. The molecule has 0 aliphatic heterocycles. The first-order valence-corrected chi connectivity index (χ1v) is 3.25. The first-order valence-electron chi connectivity index (χ1n) is 1.96. The molecule has 0 heterocycles. The molecule has 4 heteroatoms. The monoisotopic (exact) mass is 154 g/mol. The maximum absolute atomic E-state index is 10.0. The van der Waals surface area contributed by atoms with Gasteiger partial charge in [0.25, 0.3) is 0 Å². The Morgan fingerprint density at radius 1 is 1.75 bits per heavy atom. The van der Waals surface area contributed by atoms with E-state index in [2.05, 4.69) is 0 Å². The second-order valence-electron chi connectivity index (χ2n) is 1.24. The van der Waals surface area contributed by atoms with Crippen LogP contribution in [0.4, 0.5) is 0 Å². The van der Waals surface area contributed by atoms with Gasteiger partial charge in [0.1, 0.15) is 0 Å². The number of nitrogens with one attached hydrogen (secondary N) is 1. The van der Waals surface area contributed by atoms with Gasteiger partial charge in [-0.05, 0) is 19.1 Å². The third-order valence-electron chi connectivity index (χ3n) is 0.723. The molecule has 0 aromatic carbocycles. The second kappa shape index (κ2) is 5.25. The van der Waals surface area contributed by atoms with Crippen molar-refractivity contribution in [1.82, 2.24) is 0 Å². The quantitative estimate of drug-likeness (QED) is 0.465. The molecule has 1 N–H and O–H groups in total. The Kier molecular flexibility index (Phi) is 7.21. The van der Waals surface area contributed by atoms with Crippen LogP contribution in [0.3, 0.4) is 0 Å². The Morgan fingerprint density at radius 2 is 2.12 bits per heavy atom. The Hall–Kier alpha value is 0.110. The molecule has 0 bridgehead atoms. The smallest absolute Gasteiger partial charge is 0.0290 e. The molecule has 0 aliphatic carbocycles. The number of hydrogen-bond donors (Lipinski definition) is 1. The van der Waals surface area contributed by atoms with E-state index in [1.54, 1.807) is 6.92 Å². The van der Waals surface area contributed by atoms with E-state index in [4.69, 9.17) is 5.41 Å². The van der Waals surface area contributed by atoms with Crippen LogP contribution in [0, 0.1) is 5.41 Å². The van der Waals surface area contributed by atoms with Crippen molar-refractivity contribution in [3.63, 3.8) is 0 Å². The van der Waals surface area contributed by atoms with Gasteiger partial charge in [-0.1, -0.05) is 0 Å². The molecule has 0 rings (SSSR count). The normalized spacial score (nSPS) is 11.8. The number of hydrogen-bond acceptors (Lipinski definition) is 3. The van der Waals surface area contributed by atoms with Crippen LogP contribution in [0.15, 0.2) is 0 Å². The zero-order valence-electron chi connectivity index (χ0n) is 4.80. The van der Waals surface area contributed by atoms with E-state index in [1.807, 2.05) is 6.26 Å². The van der Waals surface area contributed by atoms with E-state index < -0.39 is 5.90 Å². The lowest BCUT2D eigenvalue weighted by molar-refractivity contribution is -0.219. The van der Waals surface area contributed by atoms with E-state index in [0.717, 1.165) is 0 Å². The standard InChI is InChI=1S/C4H9NOS.ClH/c1-3(7-2)4(5)6;/h3H,1-2H3,(H2,5,6);1H/p-1. The van der Waals surface area contributed by atoms with Crippen molar-refractivity contribution in [3.05, 3.63) is 0 Å². The topological polar surface area (TPSA) is 46.9 Å². The van der Waals surface area contributed by atoms with Crippen molar-refractivity contribution < 1.29 is 5.11 Å². The molecule has 8 heavy (non-hydrogen) atoms. The summed E-state index contributed by atoms with van der Waals surface area (Å²) in [6, 6.07) is 0. The summed E-state index contributed by atoms with van der Waals surface area (Å²) in [6.07, 6.45) is 1.82. The van der Waals surface area contributed by atoms with Gasteiger partial charge in [-0.3, -0.25) is 0 Å². The van der Waals surface area contributed by atoms with Gasteiger partial charge in [0.05, 0.1) is 0 Å². The first kappa shape index (κ1) is 11.0. The summed E-state index contributed by atoms with van der Waals surface area (Å²) in [7, 11) is 0. The maximum atomic E-state index is 10.0. The predicted octanol–water partition coefficient (Wildman–Crippen LogP) is 0.497. The molecule has 0 radical (unpaired) electrons. The van der Waals surface area contributed by atoms with Crippen LogP contribution in [0.25, 0.3) is 0 Å². The molecule has 0 aromatic heterocycles. The van der Waals surface area contributed by atoms with Crippen molar-refractivity contribution in [2.75, 3.05) is 6.26 Å². The molecule has 0 amide bonds.